The van der Waals surface area contributed by atoms with Gasteiger partial charge in [-0.15, -0.1) is 0 Å². The molecule has 1 heterocycles. The molecule has 2 atom stereocenters. The summed E-state index contributed by atoms with van der Waals surface area (Å²) in [5.74, 6) is 2.50. The van der Waals surface area contributed by atoms with Crippen LogP contribution in [0, 0.1) is 37.0 Å². The molecule has 0 radical (unpaired) electrons. The Morgan fingerprint density at radius 3 is 2.46 bits per heavy atom. The van der Waals surface area contributed by atoms with Gasteiger partial charge in [-0.25, -0.2) is 0 Å². The molecule has 26 heavy (non-hydrogen) atoms. The second-order valence-corrected chi connectivity index (χ2v) is 10.1. The Hall–Kier alpha value is -1.35. The van der Waals surface area contributed by atoms with Crippen LogP contribution in [-0.2, 0) is 10.2 Å². The van der Waals surface area contributed by atoms with Crippen LogP contribution in [0.3, 0.4) is 0 Å². The molecule has 6 rings (SSSR count). The van der Waals surface area contributed by atoms with Gasteiger partial charge < -0.3 is 10.6 Å². The summed E-state index contributed by atoms with van der Waals surface area (Å²) in [6, 6.07) is 7.08. The third-order valence-corrected chi connectivity index (χ3v) is 8.08. The van der Waals surface area contributed by atoms with E-state index in [1.807, 2.05) is 0 Å². The summed E-state index contributed by atoms with van der Waals surface area (Å²) < 4.78 is 0. The molecule has 4 aliphatic carbocycles. The van der Waals surface area contributed by atoms with Gasteiger partial charge in [0.25, 0.3) is 0 Å². The van der Waals surface area contributed by atoms with Crippen LogP contribution in [0.2, 0.25) is 0 Å². The number of benzene rings is 1. The monoisotopic (exact) mass is 352 g/mol. The van der Waals surface area contributed by atoms with Crippen molar-refractivity contribution in [1.29, 1.82) is 0 Å². The summed E-state index contributed by atoms with van der Waals surface area (Å²) >= 11 is 0. The van der Waals surface area contributed by atoms with E-state index in [0.29, 0.717) is 11.8 Å². The predicted molar refractivity (Wildman–Crippen MR) is 104 cm³/mol. The highest BCUT2D eigenvalue weighted by Gasteiger charge is 2.60. The first-order valence-corrected chi connectivity index (χ1v) is 10.5. The molecule has 0 aromatic heterocycles. The highest BCUT2D eigenvalue weighted by Crippen LogP contribution is 2.65. The minimum atomic E-state index is -0.0972. The lowest BCUT2D eigenvalue weighted by Crippen LogP contribution is -2.60. The van der Waals surface area contributed by atoms with Crippen LogP contribution in [-0.4, -0.2) is 25.5 Å². The number of rotatable bonds is 4. The molecule has 2 unspecified atom stereocenters. The first-order chi connectivity index (χ1) is 12.5. The van der Waals surface area contributed by atoms with E-state index in [2.05, 4.69) is 42.7 Å². The molecule has 3 nitrogen and oxygen atoms in total. The number of carbonyl (C=O) groups excluding carboxylic acids is 1. The summed E-state index contributed by atoms with van der Waals surface area (Å²) in [6.45, 7) is 7.41. The largest absolute Gasteiger partial charge is 0.355 e. The Labute approximate surface area is 157 Å². The maximum atomic E-state index is 13.3. The van der Waals surface area contributed by atoms with Crippen LogP contribution < -0.4 is 10.6 Å². The van der Waals surface area contributed by atoms with Crippen molar-refractivity contribution in [3.05, 3.63) is 34.9 Å². The van der Waals surface area contributed by atoms with E-state index in [1.165, 1.54) is 36.0 Å². The smallest absolute Gasteiger partial charge is 0.226 e. The van der Waals surface area contributed by atoms with Crippen molar-refractivity contribution in [2.75, 3.05) is 19.6 Å². The molecule has 2 N–H and O–H groups in total. The first kappa shape index (κ1) is 16.8. The molecular weight excluding hydrogens is 320 g/mol. The molecule has 140 valence electrons. The van der Waals surface area contributed by atoms with E-state index in [-0.39, 0.29) is 10.8 Å². The quantitative estimate of drug-likeness (QED) is 0.871. The Morgan fingerprint density at radius 1 is 1.12 bits per heavy atom. The zero-order valence-corrected chi connectivity index (χ0v) is 16.2. The molecule has 1 aromatic rings. The van der Waals surface area contributed by atoms with Crippen LogP contribution in [0.4, 0.5) is 0 Å². The molecule has 1 amide bonds. The number of amides is 1. The molecule has 5 fully saturated rings. The van der Waals surface area contributed by atoms with E-state index in [9.17, 15) is 4.79 Å². The summed E-state index contributed by atoms with van der Waals surface area (Å²) in [7, 11) is 0. The third-order valence-electron chi connectivity index (χ3n) is 8.08. The molecule has 4 bridgehead atoms. The normalized spacial score (nSPS) is 38.2. The van der Waals surface area contributed by atoms with Gasteiger partial charge in [-0.05, 0) is 86.3 Å². The van der Waals surface area contributed by atoms with Gasteiger partial charge in [-0.2, -0.15) is 0 Å². The van der Waals surface area contributed by atoms with Crippen LogP contribution in [0.15, 0.2) is 18.2 Å². The molecule has 1 aliphatic heterocycles. The number of carbonyl (C=O) groups is 1. The van der Waals surface area contributed by atoms with Gasteiger partial charge in [0.2, 0.25) is 5.91 Å². The summed E-state index contributed by atoms with van der Waals surface area (Å²) in [6.07, 6.45) is 7.29. The van der Waals surface area contributed by atoms with Crippen molar-refractivity contribution in [2.45, 2.75) is 57.8 Å². The van der Waals surface area contributed by atoms with Crippen LogP contribution >= 0.6 is 0 Å². The molecule has 1 aromatic carbocycles. The molecule has 3 heteroatoms. The van der Waals surface area contributed by atoms with Gasteiger partial charge in [0.05, 0.1) is 5.41 Å². The van der Waals surface area contributed by atoms with Crippen LogP contribution in [0.1, 0.15) is 55.2 Å². The maximum absolute atomic E-state index is 13.3. The lowest BCUT2D eigenvalue weighted by atomic mass is 9.42. The van der Waals surface area contributed by atoms with Crippen molar-refractivity contribution >= 4 is 5.91 Å². The Kier molecular flexibility index (Phi) is 3.76. The number of nitrogens with one attached hydrogen (secondary N) is 2. The number of hydrogen-bond donors (Lipinski definition) is 2. The second kappa shape index (κ2) is 5.82. The number of hydrogen-bond acceptors (Lipinski definition) is 2. The minimum absolute atomic E-state index is 0.0972. The van der Waals surface area contributed by atoms with Crippen molar-refractivity contribution in [1.82, 2.24) is 10.6 Å². The predicted octanol–water partition coefficient (Wildman–Crippen LogP) is 3.48. The fourth-order valence-electron chi connectivity index (χ4n) is 6.85. The van der Waals surface area contributed by atoms with Gasteiger partial charge >= 0.3 is 0 Å². The summed E-state index contributed by atoms with van der Waals surface area (Å²) in [5, 5.41) is 6.66. The van der Waals surface area contributed by atoms with Gasteiger partial charge in [0, 0.05) is 25.6 Å². The zero-order valence-electron chi connectivity index (χ0n) is 16.2. The van der Waals surface area contributed by atoms with Gasteiger partial charge in [-0.1, -0.05) is 18.2 Å². The third kappa shape index (κ3) is 2.54. The van der Waals surface area contributed by atoms with Gasteiger partial charge in [0.1, 0.15) is 0 Å². The van der Waals surface area contributed by atoms with Crippen LogP contribution in [0.5, 0.6) is 0 Å². The van der Waals surface area contributed by atoms with Crippen LogP contribution in [0.25, 0.3) is 0 Å². The molecule has 1 saturated heterocycles. The van der Waals surface area contributed by atoms with E-state index < -0.39 is 0 Å². The van der Waals surface area contributed by atoms with Gasteiger partial charge in [0.15, 0.2) is 0 Å². The van der Waals surface area contributed by atoms with E-state index in [4.69, 9.17) is 0 Å². The molecular formula is C23H32N2O. The average Bonchev–Trinajstić information content (AvgIpc) is 2.54. The fourth-order valence-corrected chi connectivity index (χ4v) is 6.85. The summed E-state index contributed by atoms with van der Waals surface area (Å²) in [4.78, 5) is 13.3. The highest BCUT2D eigenvalue weighted by atomic mass is 16.2. The Bertz CT molecular complexity index is 722. The van der Waals surface area contributed by atoms with Crippen molar-refractivity contribution < 1.29 is 4.79 Å². The second-order valence-electron chi connectivity index (χ2n) is 10.1. The van der Waals surface area contributed by atoms with Crippen molar-refractivity contribution in [3.8, 4) is 0 Å². The van der Waals surface area contributed by atoms with Crippen molar-refractivity contribution in [3.63, 3.8) is 0 Å². The standard InChI is InChI=1S/C23H32N2O/c1-15-3-4-20(5-16(15)2)22-7-17-6-18(8-22)10-23(9-17,14-22)21(26)25-13-19-11-24-12-19/h3-5,17-19,24H,6-14H2,1-2H3,(H,25,26). The lowest BCUT2D eigenvalue weighted by molar-refractivity contribution is -0.149. The van der Waals surface area contributed by atoms with Crippen molar-refractivity contribution in [2.24, 2.45) is 23.2 Å². The molecule has 5 aliphatic rings. The zero-order chi connectivity index (χ0) is 17.9. The SMILES string of the molecule is Cc1ccc(C23CC4CC(CC(C(=O)NCC5CNC5)(C4)C2)C3)cc1C. The van der Waals surface area contributed by atoms with E-state index in [1.54, 1.807) is 0 Å². The first-order valence-electron chi connectivity index (χ1n) is 10.5. The Balaban J connectivity index is 1.43. The van der Waals surface area contributed by atoms with E-state index in [0.717, 1.165) is 50.7 Å². The fraction of sp³-hybridized carbons (Fsp3) is 0.696. The number of aryl methyl sites for hydroxylation is 2. The minimum Gasteiger partial charge on any atom is -0.355 e. The van der Waals surface area contributed by atoms with Gasteiger partial charge in [-0.3, -0.25) is 4.79 Å². The molecule has 4 saturated carbocycles. The topological polar surface area (TPSA) is 41.1 Å². The van der Waals surface area contributed by atoms with E-state index >= 15 is 0 Å². The summed E-state index contributed by atoms with van der Waals surface area (Å²) in [5.41, 5.74) is 4.43. The molecule has 0 spiro atoms. The maximum Gasteiger partial charge on any atom is 0.226 e. The highest BCUT2D eigenvalue weighted by molar-refractivity contribution is 5.83. The average molecular weight is 353 g/mol. The lowest BCUT2D eigenvalue weighted by Gasteiger charge is -2.61. The Morgan fingerprint density at radius 2 is 1.85 bits per heavy atom.